The molecule has 0 fully saturated rings. The Morgan fingerprint density at radius 2 is 1.94 bits per heavy atom. The first kappa shape index (κ1) is 12.5. The van der Waals surface area contributed by atoms with Crippen LogP contribution in [0.2, 0.25) is 0 Å². The highest BCUT2D eigenvalue weighted by atomic mass is 14.7. The van der Waals surface area contributed by atoms with E-state index in [4.69, 9.17) is 5.73 Å². The number of nitrogens with zero attached hydrogens (tertiary/aromatic N) is 1. The van der Waals surface area contributed by atoms with Gasteiger partial charge in [-0.1, -0.05) is 43.4 Å². The van der Waals surface area contributed by atoms with E-state index in [1.54, 1.807) is 0 Å². The summed E-state index contributed by atoms with van der Waals surface area (Å²) in [5.41, 5.74) is 8.16. The highest BCUT2D eigenvalue weighted by molar-refractivity contribution is 5.40. The van der Waals surface area contributed by atoms with Crippen molar-refractivity contribution in [3.63, 3.8) is 0 Å². The molecule has 1 aliphatic carbocycles. The molecule has 1 atom stereocenters. The Kier molecular flexibility index (Phi) is 5.34. The number of hydrogen-bond acceptors (Lipinski definition) is 2. The molecule has 0 radical (unpaired) electrons. The summed E-state index contributed by atoms with van der Waals surface area (Å²) in [6.45, 7) is 6.50. The van der Waals surface area contributed by atoms with Crippen LogP contribution in [0.3, 0.4) is 0 Å². The van der Waals surface area contributed by atoms with Crippen LogP contribution in [0.15, 0.2) is 52.7 Å². The van der Waals surface area contributed by atoms with E-state index in [1.807, 2.05) is 36.5 Å². The predicted molar refractivity (Wildman–Crippen MR) is 71.4 cm³/mol. The third-order valence-electron chi connectivity index (χ3n) is 2.60. The Morgan fingerprint density at radius 1 is 1.31 bits per heavy atom. The number of rotatable bonds is 5. The maximum Gasteiger partial charge on any atom is 0.0384 e. The van der Waals surface area contributed by atoms with E-state index in [2.05, 4.69) is 18.6 Å². The first-order valence-electron chi connectivity index (χ1n) is 5.66. The van der Waals surface area contributed by atoms with Crippen LogP contribution in [0.25, 0.3) is 0 Å². The molecule has 0 aromatic heterocycles. The molecule has 86 valence electrons. The van der Waals surface area contributed by atoms with Crippen molar-refractivity contribution in [1.82, 2.24) is 0 Å². The predicted octanol–water partition coefficient (Wildman–Crippen LogP) is 3.00. The smallest absolute Gasteiger partial charge is 0.0384 e. The SMILES string of the molecule is C=NCC[C@H](C)CC(N)=C1C=CC=CC=C1. The molecule has 0 aromatic rings. The summed E-state index contributed by atoms with van der Waals surface area (Å²) in [5, 5.41) is 0. The summed E-state index contributed by atoms with van der Waals surface area (Å²) in [7, 11) is 0. The maximum atomic E-state index is 6.09. The second-order valence-electron chi connectivity index (χ2n) is 4.13. The zero-order valence-corrected chi connectivity index (χ0v) is 9.89. The fourth-order valence-corrected chi connectivity index (χ4v) is 1.62. The lowest BCUT2D eigenvalue weighted by molar-refractivity contribution is 0.534. The molecule has 0 amide bonds. The van der Waals surface area contributed by atoms with Crippen molar-refractivity contribution in [3.8, 4) is 0 Å². The van der Waals surface area contributed by atoms with Gasteiger partial charge in [0.05, 0.1) is 0 Å². The van der Waals surface area contributed by atoms with E-state index in [-0.39, 0.29) is 0 Å². The number of allylic oxidation sites excluding steroid dienone is 8. The maximum absolute atomic E-state index is 6.09. The molecule has 0 heterocycles. The highest BCUT2D eigenvalue weighted by Crippen LogP contribution is 2.17. The molecule has 0 unspecified atom stereocenters. The number of aliphatic imine (C=N–C) groups is 1. The lowest BCUT2D eigenvalue weighted by Gasteiger charge is -2.11. The molecule has 0 saturated heterocycles. The van der Waals surface area contributed by atoms with Gasteiger partial charge < -0.3 is 10.7 Å². The van der Waals surface area contributed by atoms with Gasteiger partial charge in [-0.25, -0.2) is 0 Å². The van der Waals surface area contributed by atoms with Gasteiger partial charge in [0.25, 0.3) is 0 Å². The minimum atomic E-state index is 0.552. The Hall–Kier alpha value is -1.57. The summed E-state index contributed by atoms with van der Waals surface area (Å²) in [5.74, 6) is 0.552. The lowest BCUT2D eigenvalue weighted by Crippen LogP contribution is -2.07. The van der Waals surface area contributed by atoms with Crippen molar-refractivity contribution in [3.05, 3.63) is 47.7 Å². The van der Waals surface area contributed by atoms with E-state index in [9.17, 15) is 0 Å². The second kappa shape index (κ2) is 6.83. The van der Waals surface area contributed by atoms with Gasteiger partial charge in [0.2, 0.25) is 0 Å². The first-order chi connectivity index (χ1) is 7.74. The van der Waals surface area contributed by atoms with E-state index in [1.165, 1.54) is 0 Å². The molecule has 0 bridgehead atoms. The van der Waals surface area contributed by atoms with Gasteiger partial charge in [0, 0.05) is 12.2 Å². The van der Waals surface area contributed by atoms with Gasteiger partial charge in [-0.15, -0.1) is 0 Å². The van der Waals surface area contributed by atoms with Crippen molar-refractivity contribution in [2.75, 3.05) is 6.54 Å². The monoisotopic (exact) mass is 216 g/mol. The Morgan fingerprint density at radius 3 is 2.50 bits per heavy atom. The van der Waals surface area contributed by atoms with Gasteiger partial charge in [-0.2, -0.15) is 0 Å². The van der Waals surface area contributed by atoms with Crippen molar-refractivity contribution < 1.29 is 0 Å². The summed E-state index contributed by atoms with van der Waals surface area (Å²) in [6.07, 6.45) is 14.1. The molecule has 0 spiro atoms. The summed E-state index contributed by atoms with van der Waals surface area (Å²) in [6, 6.07) is 0. The van der Waals surface area contributed by atoms with Crippen molar-refractivity contribution in [2.45, 2.75) is 19.8 Å². The van der Waals surface area contributed by atoms with Crippen LogP contribution in [0, 0.1) is 5.92 Å². The Labute approximate surface area is 98.0 Å². The van der Waals surface area contributed by atoms with E-state index < -0.39 is 0 Å². The normalized spacial score (nSPS) is 15.9. The van der Waals surface area contributed by atoms with Crippen LogP contribution in [-0.2, 0) is 0 Å². The fourth-order valence-electron chi connectivity index (χ4n) is 1.62. The van der Waals surface area contributed by atoms with Crippen molar-refractivity contribution in [1.29, 1.82) is 0 Å². The van der Waals surface area contributed by atoms with E-state index in [0.29, 0.717) is 5.92 Å². The van der Waals surface area contributed by atoms with Gasteiger partial charge >= 0.3 is 0 Å². The third-order valence-corrected chi connectivity index (χ3v) is 2.60. The Bertz CT molecular complexity index is 328. The number of hydrogen-bond donors (Lipinski definition) is 1. The van der Waals surface area contributed by atoms with Gasteiger partial charge in [0.1, 0.15) is 0 Å². The van der Waals surface area contributed by atoms with Crippen LogP contribution >= 0.6 is 0 Å². The average Bonchev–Trinajstić information content (AvgIpc) is 2.54. The molecule has 2 N–H and O–H groups in total. The topological polar surface area (TPSA) is 38.4 Å². The van der Waals surface area contributed by atoms with Gasteiger partial charge in [0.15, 0.2) is 0 Å². The molecular weight excluding hydrogens is 196 g/mol. The molecule has 0 aliphatic heterocycles. The lowest BCUT2D eigenvalue weighted by atomic mass is 9.99. The molecule has 16 heavy (non-hydrogen) atoms. The first-order valence-corrected chi connectivity index (χ1v) is 5.66. The van der Waals surface area contributed by atoms with E-state index >= 15 is 0 Å². The average molecular weight is 216 g/mol. The standard InChI is InChI=1S/C14H20N2/c1-12(9-10-16-2)11-14(15)13-7-5-3-4-6-8-13/h3-8,12H,2,9-11,15H2,1H3/t12-/m0/s1. The molecule has 2 heteroatoms. The van der Waals surface area contributed by atoms with Gasteiger partial charge in [-0.3, -0.25) is 0 Å². The quantitative estimate of drug-likeness (QED) is 0.705. The molecule has 2 nitrogen and oxygen atoms in total. The minimum Gasteiger partial charge on any atom is -0.402 e. The molecule has 1 rings (SSSR count). The van der Waals surface area contributed by atoms with E-state index in [0.717, 1.165) is 30.7 Å². The minimum absolute atomic E-state index is 0.552. The van der Waals surface area contributed by atoms with Crippen molar-refractivity contribution >= 4 is 6.72 Å². The zero-order valence-electron chi connectivity index (χ0n) is 9.89. The van der Waals surface area contributed by atoms with Crippen LogP contribution < -0.4 is 5.73 Å². The van der Waals surface area contributed by atoms with Crippen LogP contribution in [0.4, 0.5) is 0 Å². The Balaban J connectivity index is 2.58. The second-order valence-corrected chi connectivity index (χ2v) is 4.13. The molecular formula is C14H20N2. The summed E-state index contributed by atoms with van der Waals surface area (Å²) >= 11 is 0. The van der Waals surface area contributed by atoms with Crippen LogP contribution in [0.1, 0.15) is 19.8 Å². The molecule has 1 aliphatic rings. The molecule has 0 saturated carbocycles. The number of nitrogens with two attached hydrogens (primary N) is 1. The fraction of sp³-hybridized carbons (Fsp3) is 0.357. The third kappa shape index (κ3) is 4.30. The largest absolute Gasteiger partial charge is 0.402 e. The zero-order chi connectivity index (χ0) is 11.8. The molecule has 0 aromatic carbocycles. The van der Waals surface area contributed by atoms with Crippen LogP contribution in [-0.4, -0.2) is 13.3 Å². The highest BCUT2D eigenvalue weighted by Gasteiger charge is 2.05. The van der Waals surface area contributed by atoms with Gasteiger partial charge in [-0.05, 0) is 31.1 Å². The van der Waals surface area contributed by atoms with Crippen LogP contribution in [0.5, 0.6) is 0 Å². The van der Waals surface area contributed by atoms with Crippen molar-refractivity contribution in [2.24, 2.45) is 16.6 Å². The summed E-state index contributed by atoms with van der Waals surface area (Å²) < 4.78 is 0. The summed E-state index contributed by atoms with van der Waals surface area (Å²) in [4.78, 5) is 3.87.